The van der Waals surface area contributed by atoms with Crippen molar-refractivity contribution in [3.63, 3.8) is 0 Å². The molecule has 0 atom stereocenters. The molecule has 3 aromatic rings. The van der Waals surface area contributed by atoms with Gasteiger partial charge in [-0.15, -0.1) is 0 Å². The average molecular weight is 996 g/mol. The zero-order valence-corrected chi connectivity index (χ0v) is 41.9. The largest absolute Gasteiger partial charge is 0.494 e. The molecule has 2 fully saturated rings. The number of hydrogen-bond acceptors (Lipinski definition) is 15. The molecule has 3 aromatic carbocycles. The lowest BCUT2D eigenvalue weighted by Gasteiger charge is -2.26. The quantitative estimate of drug-likeness (QED) is 0.0303. The molecule has 0 radical (unpaired) electrons. The van der Waals surface area contributed by atoms with E-state index in [2.05, 4.69) is 13.2 Å². The highest BCUT2D eigenvalue weighted by Gasteiger charge is 2.34. The number of esters is 6. The molecule has 0 spiro atoms. The minimum Gasteiger partial charge on any atom is -0.494 e. The molecule has 0 aromatic heterocycles. The van der Waals surface area contributed by atoms with E-state index in [1.807, 2.05) is 6.92 Å². The highest BCUT2D eigenvalue weighted by Crippen LogP contribution is 2.35. The van der Waals surface area contributed by atoms with Gasteiger partial charge in [-0.05, 0) is 176 Å². The molecule has 16 nitrogen and oxygen atoms in total. The number of nitrogens with zero attached hydrogens (tertiary/aromatic N) is 1. The third-order valence-electron chi connectivity index (χ3n) is 12.6. The number of carbonyl (C=O) groups excluding carboxylic acids is 7. The number of rotatable bonds is 27. The van der Waals surface area contributed by atoms with Crippen molar-refractivity contribution in [3.8, 4) is 34.5 Å². The van der Waals surface area contributed by atoms with Gasteiger partial charge in [0, 0.05) is 26.2 Å². The molecule has 0 bridgehead atoms. The van der Waals surface area contributed by atoms with Crippen LogP contribution in [0.3, 0.4) is 0 Å². The number of benzene rings is 3. The van der Waals surface area contributed by atoms with Gasteiger partial charge in [-0.2, -0.15) is 0 Å². The molecule has 0 aliphatic heterocycles. The lowest BCUT2D eigenvalue weighted by atomic mass is 9.82. The molecule has 0 saturated heterocycles. The van der Waals surface area contributed by atoms with Crippen molar-refractivity contribution < 1.29 is 71.5 Å². The summed E-state index contributed by atoms with van der Waals surface area (Å²) in [5, 5.41) is 0. The Bertz CT molecular complexity index is 2320. The van der Waals surface area contributed by atoms with E-state index in [4.69, 9.17) is 37.9 Å². The molecule has 0 N–H and O–H groups in total. The fourth-order valence-corrected chi connectivity index (χ4v) is 8.39. The van der Waals surface area contributed by atoms with Gasteiger partial charge >= 0.3 is 35.8 Å². The molecule has 1 amide bonds. The molecule has 5 rings (SSSR count). The summed E-state index contributed by atoms with van der Waals surface area (Å²) in [6.07, 6.45) is 12.5. The van der Waals surface area contributed by atoms with E-state index in [9.17, 15) is 33.6 Å². The fourth-order valence-electron chi connectivity index (χ4n) is 8.39. The van der Waals surface area contributed by atoms with Crippen molar-refractivity contribution in [1.29, 1.82) is 0 Å². The molecule has 2 aliphatic carbocycles. The summed E-state index contributed by atoms with van der Waals surface area (Å²) in [6, 6.07) is 16.4. The van der Waals surface area contributed by atoms with E-state index in [0.717, 1.165) is 69.1 Å². The standard InChI is InChI=1S/C56H69NO15/c1-6-50(58)67-34-14-10-8-12-32-65-43-24-26-44(27-25-43)69-53(61)39-16-18-41(19-17-39)55(63)71-46-29-31-49(47(37-46)52(60)57(4)5)72-56(64)42-22-20-40(21-23-42)54(62)70-45-28-30-48(38(3)36-45)66-33-13-9-11-15-35-68-51(59)7-2/h6-7,24-31,36-37,39-42H,1-2,8-23,32-35H2,3-5H3. The van der Waals surface area contributed by atoms with Crippen molar-refractivity contribution in [2.24, 2.45) is 23.7 Å². The summed E-state index contributed by atoms with van der Waals surface area (Å²) < 4.78 is 44.6. The normalized spacial score (nSPS) is 17.3. The van der Waals surface area contributed by atoms with Crippen LogP contribution in [0.15, 0.2) is 86.0 Å². The van der Waals surface area contributed by atoms with Crippen LogP contribution in [0, 0.1) is 30.6 Å². The van der Waals surface area contributed by atoms with Crippen LogP contribution in [-0.2, 0) is 38.2 Å². The molecule has 0 unspecified atom stereocenters. The zero-order valence-electron chi connectivity index (χ0n) is 41.9. The minimum atomic E-state index is -0.525. The first kappa shape index (κ1) is 56.0. The van der Waals surface area contributed by atoms with E-state index in [1.54, 1.807) is 56.6 Å². The Morgan fingerprint density at radius 2 is 0.847 bits per heavy atom. The summed E-state index contributed by atoms with van der Waals surface area (Å²) in [5.74, 6) is -2.49. The Balaban J connectivity index is 1.01. The molecule has 16 heteroatoms. The van der Waals surface area contributed by atoms with Gasteiger partial charge in [0.25, 0.3) is 5.91 Å². The fraction of sp³-hybridized carbons (Fsp3) is 0.482. The van der Waals surface area contributed by atoms with E-state index in [1.165, 1.54) is 23.1 Å². The maximum atomic E-state index is 13.5. The number of unbranched alkanes of at least 4 members (excludes halogenated alkanes) is 6. The molecule has 72 heavy (non-hydrogen) atoms. The third-order valence-corrected chi connectivity index (χ3v) is 12.6. The van der Waals surface area contributed by atoms with Gasteiger partial charge in [-0.3, -0.25) is 24.0 Å². The van der Waals surface area contributed by atoms with Crippen molar-refractivity contribution in [2.75, 3.05) is 40.5 Å². The van der Waals surface area contributed by atoms with E-state index >= 15 is 0 Å². The molecular formula is C56H69NO15. The Morgan fingerprint density at radius 1 is 0.472 bits per heavy atom. The summed E-state index contributed by atoms with van der Waals surface area (Å²) >= 11 is 0. The van der Waals surface area contributed by atoms with Crippen molar-refractivity contribution in [2.45, 2.75) is 110 Å². The smallest absolute Gasteiger partial charge is 0.330 e. The summed E-state index contributed by atoms with van der Waals surface area (Å²) in [4.78, 5) is 89.9. The Hall–Kier alpha value is -6.97. The first-order chi connectivity index (χ1) is 34.7. The second kappa shape index (κ2) is 29.4. The number of ether oxygens (including phenoxy) is 8. The van der Waals surface area contributed by atoms with Crippen LogP contribution >= 0.6 is 0 Å². The van der Waals surface area contributed by atoms with Crippen molar-refractivity contribution in [3.05, 3.63) is 97.1 Å². The Labute approximate surface area is 422 Å². The van der Waals surface area contributed by atoms with Gasteiger partial charge in [-0.25, -0.2) is 9.59 Å². The second-order valence-electron chi connectivity index (χ2n) is 18.3. The van der Waals surface area contributed by atoms with Crippen LogP contribution < -0.4 is 28.4 Å². The highest BCUT2D eigenvalue weighted by molar-refractivity contribution is 5.98. The molecular weight excluding hydrogens is 927 g/mol. The predicted octanol–water partition coefficient (Wildman–Crippen LogP) is 9.67. The SMILES string of the molecule is C=CC(=O)OCCCCCCOc1ccc(OC(=O)C2CCC(C(=O)Oc3ccc(OC(=O)C4CCC(C(=O)Oc5ccc(OCCCCCCOC(=O)C=C)c(C)c5)CC4)c(C(=O)N(C)C)c3)CC2)cc1. The molecule has 388 valence electrons. The van der Waals surface area contributed by atoms with Crippen LogP contribution in [0.25, 0.3) is 0 Å². The minimum absolute atomic E-state index is 0.0294. The van der Waals surface area contributed by atoms with E-state index in [0.29, 0.717) is 101 Å². The topological polar surface area (TPSA) is 197 Å². The van der Waals surface area contributed by atoms with Gasteiger partial charge in [0.2, 0.25) is 0 Å². The second-order valence-corrected chi connectivity index (χ2v) is 18.3. The predicted molar refractivity (Wildman–Crippen MR) is 266 cm³/mol. The maximum absolute atomic E-state index is 13.5. The van der Waals surface area contributed by atoms with Crippen LogP contribution in [0.5, 0.6) is 34.5 Å². The van der Waals surface area contributed by atoms with Crippen LogP contribution in [-0.4, -0.2) is 87.1 Å². The van der Waals surface area contributed by atoms with E-state index in [-0.39, 0.29) is 34.9 Å². The summed E-state index contributed by atoms with van der Waals surface area (Å²) in [5.41, 5.74) is 0.877. The van der Waals surface area contributed by atoms with E-state index < -0.39 is 47.5 Å². The van der Waals surface area contributed by atoms with Gasteiger partial charge in [0.05, 0.1) is 55.7 Å². The first-order valence-electron chi connectivity index (χ1n) is 25.0. The van der Waals surface area contributed by atoms with Crippen LogP contribution in [0.1, 0.15) is 119 Å². The summed E-state index contributed by atoms with van der Waals surface area (Å²) in [7, 11) is 3.12. The molecule has 2 aliphatic rings. The van der Waals surface area contributed by atoms with Crippen LogP contribution in [0.2, 0.25) is 0 Å². The van der Waals surface area contributed by atoms with Gasteiger partial charge < -0.3 is 42.8 Å². The molecule has 0 heterocycles. The number of hydrogen-bond donors (Lipinski definition) is 0. The van der Waals surface area contributed by atoms with Crippen molar-refractivity contribution >= 4 is 41.7 Å². The Kier molecular flexibility index (Phi) is 22.8. The third kappa shape index (κ3) is 18.3. The average Bonchev–Trinajstić information content (AvgIpc) is 3.38. The first-order valence-corrected chi connectivity index (χ1v) is 25.0. The number of carbonyl (C=O) groups is 7. The van der Waals surface area contributed by atoms with Crippen molar-refractivity contribution in [1.82, 2.24) is 4.90 Å². The maximum Gasteiger partial charge on any atom is 0.330 e. The zero-order chi connectivity index (χ0) is 51.8. The number of aryl methyl sites for hydroxylation is 1. The lowest BCUT2D eigenvalue weighted by molar-refractivity contribution is -0.145. The van der Waals surface area contributed by atoms with Gasteiger partial charge in [0.1, 0.15) is 34.5 Å². The van der Waals surface area contributed by atoms with Gasteiger partial charge in [0.15, 0.2) is 0 Å². The monoisotopic (exact) mass is 995 g/mol. The lowest BCUT2D eigenvalue weighted by Crippen LogP contribution is -2.31. The number of amides is 1. The van der Waals surface area contributed by atoms with Gasteiger partial charge in [-0.1, -0.05) is 13.2 Å². The highest BCUT2D eigenvalue weighted by atomic mass is 16.6. The van der Waals surface area contributed by atoms with Crippen LogP contribution in [0.4, 0.5) is 0 Å². The summed E-state index contributed by atoms with van der Waals surface area (Å²) in [6.45, 7) is 10.4. The molecule has 2 saturated carbocycles. The Morgan fingerprint density at radius 3 is 1.29 bits per heavy atom.